The summed E-state index contributed by atoms with van der Waals surface area (Å²) in [7, 11) is 0. The predicted octanol–water partition coefficient (Wildman–Crippen LogP) is 4.72. The molecule has 0 fully saturated rings. The number of alkyl halides is 1. The van der Waals surface area contributed by atoms with Crippen LogP contribution in [0.1, 0.15) is 37.8 Å². The van der Waals surface area contributed by atoms with Crippen molar-refractivity contribution in [2.75, 3.05) is 5.88 Å². The summed E-state index contributed by atoms with van der Waals surface area (Å²) in [5.41, 5.74) is 2.35. The normalized spacial score (nSPS) is 11.8. The molecule has 0 bridgehead atoms. The van der Waals surface area contributed by atoms with E-state index in [0.29, 0.717) is 5.88 Å². The molecule has 0 aliphatic rings. The summed E-state index contributed by atoms with van der Waals surface area (Å²) in [6, 6.07) is 5.00. The number of aryl methyl sites for hydroxylation is 1. The van der Waals surface area contributed by atoms with E-state index < -0.39 is 0 Å². The lowest BCUT2D eigenvalue weighted by atomic mass is 9.78. The zero-order valence-corrected chi connectivity index (χ0v) is 11.1. The van der Waals surface area contributed by atoms with Crippen LogP contribution in [0.2, 0.25) is 0 Å². The van der Waals surface area contributed by atoms with Gasteiger partial charge in [0.1, 0.15) is 5.82 Å². The van der Waals surface area contributed by atoms with Crippen LogP contribution in [0.3, 0.4) is 0 Å². The molecule has 90 valence electrons. The molecule has 0 heterocycles. The van der Waals surface area contributed by atoms with Gasteiger partial charge in [-0.15, -0.1) is 11.6 Å². The van der Waals surface area contributed by atoms with E-state index in [4.69, 9.17) is 11.6 Å². The Bertz CT molecular complexity index is 334. The first-order valence-electron chi connectivity index (χ1n) is 5.88. The van der Waals surface area contributed by atoms with E-state index in [0.717, 1.165) is 30.4 Å². The molecular formula is C14H20ClF. The fourth-order valence-electron chi connectivity index (χ4n) is 1.97. The van der Waals surface area contributed by atoms with Crippen LogP contribution in [0, 0.1) is 18.2 Å². The third-order valence-electron chi connectivity index (χ3n) is 3.66. The van der Waals surface area contributed by atoms with Crippen molar-refractivity contribution in [2.45, 2.75) is 40.0 Å². The molecule has 0 saturated carbocycles. The standard InChI is InChI=1S/C14H20ClF/c1-4-14(5-2,10-15)9-12-8-13(16)7-6-11(12)3/h6-8H,4-5,9-10H2,1-3H3. The van der Waals surface area contributed by atoms with Gasteiger partial charge < -0.3 is 0 Å². The van der Waals surface area contributed by atoms with Gasteiger partial charge in [-0.1, -0.05) is 19.9 Å². The minimum atomic E-state index is -0.156. The summed E-state index contributed by atoms with van der Waals surface area (Å²) in [5.74, 6) is 0.479. The minimum Gasteiger partial charge on any atom is -0.207 e. The van der Waals surface area contributed by atoms with Crippen molar-refractivity contribution in [3.8, 4) is 0 Å². The van der Waals surface area contributed by atoms with Crippen LogP contribution in [0.5, 0.6) is 0 Å². The molecule has 0 saturated heterocycles. The van der Waals surface area contributed by atoms with Crippen molar-refractivity contribution >= 4 is 11.6 Å². The second-order valence-electron chi connectivity index (χ2n) is 4.59. The first kappa shape index (κ1) is 13.5. The maximum absolute atomic E-state index is 13.2. The minimum absolute atomic E-state index is 0.111. The van der Waals surface area contributed by atoms with Crippen molar-refractivity contribution in [3.63, 3.8) is 0 Å². The van der Waals surface area contributed by atoms with Gasteiger partial charge in [0.05, 0.1) is 0 Å². The lowest BCUT2D eigenvalue weighted by Gasteiger charge is -2.30. The Labute approximate surface area is 103 Å². The van der Waals surface area contributed by atoms with Crippen molar-refractivity contribution in [2.24, 2.45) is 5.41 Å². The highest BCUT2D eigenvalue weighted by Gasteiger charge is 2.26. The SMILES string of the molecule is CCC(CC)(CCl)Cc1cc(F)ccc1C. The molecule has 0 amide bonds. The van der Waals surface area contributed by atoms with E-state index >= 15 is 0 Å². The molecule has 0 atom stereocenters. The quantitative estimate of drug-likeness (QED) is 0.656. The fraction of sp³-hybridized carbons (Fsp3) is 0.571. The lowest BCUT2D eigenvalue weighted by molar-refractivity contribution is 0.301. The second-order valence-corrected chi connectivity index (χ2v) is 4.86. The maximum Gasteiger partial charge on any atom is 0.123 e. The van der Waals surface area contributed by atoms with E-state index in [-0.39, 0.29) is 11.2 Å². The summed E-state index contributed by atoms with van der Waals surface area (Å²) in [5, 5.41) is 0. The number of hydrogen-bond donors (Lipinski definition) is 0. The first-order valence-corrected chi connectivity index (χ1v) is 6.41. The van der Waals surface area contributed by atoms with Crippen molar-refractivity contribution in [1.82, 2.24) is 0 Å². The molecule has 0 aliphatic heterocycles. The van der Waals surface area contributed by atoms with Crippen LogP contribution in [-0.4, -0.2) is 5.88 Å². The third kappa shape index (κ3) is 2.98. The molecule has 0 unspecified atom stereocenters. The number of benzene rings is 1. The maximum atomic E-state index is 13.2. The Morgan fingerprint density at radius 2 is 1.88 bits per heavy atom. The van der Waals surface area contributed by atoms with Crippen LogP contribution in [-0.2, 0) is 6.42 Å². The average molecular weight is 243 g/mol. The molecule has 2 heteroatoms. The summed E-state index contributed by atoms with van der Waals surface area (Å²) in [6.07, 6.45) is 2.93. The molecule has 0 nitrogen and oxygen atoms in total. The van der Waals surface area contributed by atoms with E-state index in [2.05, 4.69) is 13.8 Å². The van der Waals surface area contributed by atoms with Crippen LogP contribution in [0.15, 0.2) is 18.2 Å². The van der Waals surface area contributed by atoms with Gasteiger partial charge in [-0.05, 0) is 54.9 Å². The first-order chi connectivity index (χ1) is 7.56. The van der Waals surface area contributed by atoms with Gasteiger partial charge >= 0.3 is 0 Å². The lowest BCUT2D eigenvalue weighted by Crippen LogP contribution is -2.24. The van der Waals surface area contributed by atoms with E-state index in [1.807, 2.05) is 13.0 Å². The van der Waals surface area contributed by atoms with E-state index in [1.54, 1.807) is 6.07 Å². The van der Waals surface area contributed by atoms with Gasteiger partial charge in [-0.25, -0.2) is 4.39 Å². The van der Waals surface area contributed by atoms with Gasteiger partial charge in [-0.3, -0.25) is 0 Å². The second kappa shape index (κ2) is 5.67. The van der Waals surface area contributed by atoms with Crippen LogP contribution < -0.4 is 0 Å². The Balaban J connectivity index is 2.97. The number of rotatable bonds is 5. The summed E-state index contributed by atoms with van der Waals surface area (Å²) < 4.78 is 13.2. The largest absolute Gasteiger partial charge is 0.207 e. The Morgan fingerprint density at radius 1 is 1.25 bits per heavy atom. The van der Waals surface area contributed by atoms with Crippen molar-refractivity contribution < 1.29 is 4.39 Å². The summed E-state index contributed by atoms with van der Waals surface area (Å²) in [4.78, 5) is 0. The van der Waals surface area contributed by atoms with Crippen molar-refractivity contribution in [3.05, 3.63) is 35.1 Å². The van der Waals surface area contributed by atoms with Crippen LogP contribution in [0.25, 0.3) is 0 Å². The highest BCUT2D eigenvalue weighted by atomic mass is 35.5. The summed E-state index contributed by atoms with van der Waals surface area (Å²) >= 11 is 6.07. The topological polar surface area (TPSA) is 0 Å². The predicted molar refractivity (Wildman–Crippen MR) is 68.6 cm³/mol. The monoisotopic (exact) mass is 242 g/mol. The molecule has 0 radical (unpaired) electrons. The van der Waals surface area contributed by atoms with Gasteiger partial charge in [0.25, 0.3) is 0 Å². The number of halogens is 2. The van der Waals surface area contributed by atoms with Crippen LogP contribution >= 0.6 is 11.6 Å². The zero-order valence-electron chi connectivity index (χ0n) is 10.3. The molecular weight excluding hydrogens is 223 g/mol. The van der Waals surface area contributed by atoms with Crippen molar-refractivity contribution in [1.29, 1.82) is 0 Å². The molecule has 16 heavy (non-hydrogen) atoms. The zero-order chi connectivity index (χ0) is 12.2. The Hall–Kier alpha value is -0.560. The van der Waals surface area contributed by atoms with E-state index in [9.17, 15) is 4.39 Å². The molecule has 1 aromatic rings. The Morgan fingerprint density at radius 3 is 2.38 bits per heavy atom. The molecule has 0 spiro atoms. The van der Waals surface area contributed by atoms with Crippen LogP contribution in [0.4, 0.5) is 4.39 Å². The highest BCUT2D eigenvalue weighted by Crippen LogP contribution is 2.33. The molecule has 1 aromatic carbocycles. The smallest absolute Gasteiger partial charge is 0.123 e. The van der Waals surface area contributed by atoms with Gasteiger partial charge in [0.2, 0.25) is 0 Å². The highest BCUT2D eigenvalue weighted by molar-refractivity contribution is 6.18. The average Bonchev–Trinajstić information content (AvgIpc) is 2.31. The third-order valence-corrected chi connectivity index (χ3v) is 4.23. The molecule has 0 N–H and O–H groups in total. The van der Waals surface area contributed by atoms with Gasteiger partial charge in [0, 0.05) is 5.88 Å². The molecule has 0 aromatic heterocycles. The van der Waals surface area contributed by atoms with E-state index in [1.165, 1.54) is 6.07 Å². The summed E-state index contributed by atoms with van der Waals surface area (Å²) in [6.45, 7) is 6.33. The van der Waals surface area contributed by atoms with Gasteiger partial charge in [0.15, 0.2) is 0 Å². The molecule has 0 aliphatic carbocycles. The number of hydrogen-bond acceptors (Lipinski definition) is 0. The molecule has 1 rings (SSSR count). The Kier molecular flexibility index (Phi) is 4.79. The fourth-order valence-corrected chi connectivity index (χ4v) is 2.44. The van der Waals surface area contributed by atoms with Gasteiger partial charge in [-0.2, -0.15) is 0 Å².